The molecular weight excluding hydrogens is 252 g/mol. The zero-order chi connectivity index (χ0) is 13.6. The van der Waals surface area contributed by atoms with Crippen LogP contribution in [0.15, 0.2) is 6.20 Å². The van der Waals surface area contributed by atoms with E-state index in [9.17, 15) is 4.79 Å². The Hall–Kier alpha value is -1.58. The van der Waals surface area contributed by atoms with Gasteiger partial charge in [0, 0.05) is 6.42 Å². The molecule has 0 aliphatic rings. The number of amides is 1. The number of rotatable bonds is 2. The summed E-state index contributed by atoms with van der Waals surface area (Å²) in [6, 6.07) is 0. The summed E-state index contributed by atoms with van der Waals surface area (Å²) in [5.74, 6) is 5.62. The zero-order valence-corrected chi connectivity index (χ0v) is 11.4. The predicted molar refractivity (Wildman–Crippen MR) is 70.6 cm³/mol. The van der Waals surface area contributed by atoms with Crippen LogP contribution in [0.2, 0.25) is 0 Å². The smallest absolute Gasteiger partial charge is 0.413 e. The molecule has 1 amide bonds. The van der Waals surface area contributed by atoms with Crippen LogP contribution in [0.1, 0.15) is 32.1 Å². The summed E-state index contributed by atoms with van der Waals surface area (Å²) in [6.45, 7) is 5.41. The van der Waals surface area contributed by atoms with E-state index in [2.05, 4.69) is 22.1 Å². The van der Waals surface area contributed by atoms with Crippen LogP contribution in [0, 0.1) is 11.8 Å². The van der Waals surface area contributed by atoms with Gasteiger partial charge in [-0.15, -0.1) is 0 Å². The Morgan fingerprint density at radius 1 is 1.61 bits per heavy atom. The van der Waals surface area contributed by atoms with Crippen LogP contribution in [0.5, 0.6) is 0 Å². The number of carbonyl (C=O) groups excluding carboxylic acids is 1. The second kappa shape index (κ2) is 6.38. The van der Waals surface area contributed by atoms with Gasteiger partial charge < -0.3 is 9.84 Å². The zero-order valence-electron chi connectivity index (χ0n) is 10.6. The van der Waals surface area contributed by atoms with E-state index < -0.39 is 11.7 Å². The quantitative estimate of drug-likeness (QED) is 0.807. The number of nitrogens with one attached hydrogen (secondary N) is 1. The van der Waals surface area contributed by atoms with Crippen molar-refractivity contribution in [1.82, 2.24) is 4.98 Å². The summed E-state index contributed by atoms with van der Waals surface area (Å²) < 4.78 is 5.10. The first-order valence-electron chi connectivity index (χ1n) is 5.46. The molecule has 1 rings (SSSR count). The number of thiazole rings is 1. The fraction of sp³-hybridized carbons (Fsp3) is 0.500. The summed E-state index contributed by atoms with van der Waals surface area (Å²) in [5, 5.41) is 11.6. The van der Waals surface area contributed by atoms with E-state index in [4.69, 9.17) is 9.84 Å². The maximum Gasteiger partial charge on any atom is 0.413 e. The largest absolute Gasteiger partial charge is 0.444 e. The van der Waals surface area contributed by atoms with Crippen molar-refractivity contribution < 1.29 is 14.6 Å². The van der Waals surface area contributed by atoms with E-state index in [0.717, 1.165) is 4.88 Å². The van der Waals surface area contributed by atoms with Crippen LogP contribution >= 0.6 is 11.3 Å². The predicted octanol–water partition coefficient (Wildman–Crippen LogP) is 2.22. The Morgan fingerprint density at radius 2 is 2.33 bits per heavy atom. The van der Waals surface area contributed by atoms with Gasteiger partial charge in [-0.3, -0.25) is 5.32 Å². The molecule has 0 aromatic carbocycles. The van der Waals surface area contributed by atoms with Crippen LogP contribution in [-0.2, 0) is 4.74 Å². The minimum Gasteiger partial charge on any atom is -0.444 e. The molecule has 0 aliphatic carbocycles. The van der Waals surface area contributed by atoms with Gasteiger partial charge in [-0.2, -0.15) is 0 Å². The lowest BCUT2D eigenvalue weighted by Gasteiger charge is -2.18. The Labute approximate surface area is 110 Å². The van der Waals surface area contributed by atoms with E-state index in [1.807, 2.05) is 0 Å². The highest BCUT2D eigenvalue weighted by molar-refractivity contribution is 7.16. The SMILES string of the molecule is CC(C)(C)OC(=O)Nc1ncc(C#CCCO)s1. The van der Waals surface area contributed by atoms with Gasteiger partial charge in [-0.25, -0.2) is 9.78 Å². The van der Waals surface area contributed by atoms with Gasteiger partial charge >= 0.3 is 6.09 Å². The summed E-state index contributed by atoms with van der Waals surface area (Å²) >= 11 is 1.26. The van der Waals surface area contributed by atoms with E-state index in [1.165, 1.54) is 11.3 Å². The average Bonchev–Trinajstić information content (AvgIpc) is 2.63. The number of anilines is 1. The van der Waals surface area contributed by atoms with E-state index in [-0.39, 0.29) is 6.61 Å². The van der Waals surface area contributed by atoms with E-state index in [0.29, 0.717) is 11.6 Å². The van der Waals surface area contributed by atoms with Crippen molar-refractivity contribution in [3.63, 3.8) is 0 Å². The standard InChI is InChI=1S/C12H16N2O3S/c1-12(2,3)17-11(16)14-10-13-8-9(18-10)6-4-5-7-15/h8,15H,5,7H2,1-3H3,(H,13,14,16). The second-order valence-electron chi connectivity index (χ2n) is 4.43. The first-order chi connectivity index (χ1) is 8.40. The summed E-state index contributed by atoms with van der Waals surface area (Å²) in [6.07, 6.45) is 1.46. The molecule has 98 valence electrons. The molecule has 0 spiro atoms. The highest BCUT2D eigenvalue weighted by Gasteiger charge is 2.16. The molecule has 6 heteroatoms. The lowest BCUT2D eigenvalue weighted by atomic mass is 10.2. The van der Waals surface area contributed by atoms with Gasteiger partial charge in [0.1, 0.15) is 5.60 Å². The van der Waals surface area contributed by atoms with Crippen molar-refractivity contribution in [2.45, 2.75) is 32.8 Å². The van der Waals surface area contributed by atoms with Gasteiger partial charge in [0.05, 0.1) is 17.7 Å². The van der Waals surface area contributed by atoms with Crippen molar-refractivity contribution >= 4 is 22.6 Å². The fourth-order valence-corrected chi connectivity index (χ4v) is 1.66. The van der Waals surface area contributed by atoms with Crippen LogP contribution in [0.25, 0.3) is 0 Å². The van der Waals surface area contributed by atoms with Gasteiger partial charge in [-0.05, 0) is 20.8 Å². The molecule has 0 fully saturated rings. The van der Waals surface area contributed by atoms with Crippen molar-refractivity contribution in [3.05, 3.63) is 11.1 Å². The molecule has 2 N–H and O–H groups in total. The van der Waals surface area contributed by atoms with Crippen LogP contribution in [0.3, 0.4) is 0 Å². The Kier molecular flexibility index (Phi) is 5.13. The number of aliphatic hydroxyl groups is 1. The van der Waals surface area contributed by atoms with Gasteiger partial charge in [-0.1, -0.05) is 23.2 Å². The molecule has 1 heterocycles. The van der Waals surface area contributed by atoms with Crippen LogP contribution in [0.4, 0.5) is 9.93 Å². The third kappa shape index (κ3) is 5.66. The number of hydrogen-bond acceptors (Lipinski definition) is 5. The molecule has 18 heavy (non-hydrogen) atoms. The number of carbonyl (C=O) groups is 1. The number of nitrogens with zero attached hydrogens (tertiary/aromatic N) is 1. The number of hydrogen-bond donors (Lipinski definition) is 2. The van der Waals surface area contributed by atoms with Gasteiger partial charge in [0.25, 0.3) is 0 Å². The molecule has 0 unspecified atom stereocenters. The topological polar surface area (TPSA) is 71.5 Å². The summed E-state index contributed by atoms with van der Waals surface area (Å²) in [5.41, 5.74) is -0.537. The van der Waals surface area contributed by atoms with E-state index >= 15 is 0 Å². The number of ether oxygens (including phenoxy) is 1. The molecule has 0 radical (unpaired) electrons. The Balaban J connectivity index is 2.55. The molecule has 1 aromatic heterocycles. The third-order valence-corrected chi connectivity index (χ3v) is 2.39. The van der Waals surface area contributed by atoms with Crippen molar-refractivity contribution in [1.29, 1.82) is 0 Å². The highest BCUT2D eigenvalue weighted by atomic mass is 32.1. The molecule has 5 nitrogen and oxygen atoms in total. The Bertz CT molecular complexity index is 466. The number of aromatic nitrogens is 1. The molecule has 0 atom stereocenters. The molecular formula is C12H16N2O3S. The van der Waals surface area contributed by atoms with Crippen molar-refractivity contribution in [2.75, 3.05) is 11.9 Å². The molecule has 0 saturated carbocycles. The lowest BCUT2D eigenvalue weighted by Crippen LogP contribution is -2.27. The van der Waals surface area contributed by atoms with Crippen LogP contribution < -0.4 is 5.32 Å². The second-order valence-corrected chi connectivity index (χ2v) is 5.46. The molecule has 1 aromatic rings. The fourth-order valence-electron chi connectivity index (χ4n) is 0.986. The monoisotopic (exact) mass is 268 g/mol. The summed E-state index contributed by atoms with van der Waals surface area (Å²) in [4.78, 5) is 16.2. The van der Waals surface area contributed by atoms with Gasteiger partial charge in [0.15, 0.2) is 5.13 Å². The summed E-state index contributed by atoms with van der Waals surface area (Å²) in [7, 11) is 0. The molecule has 0 aliphatic heterocycles. The first kappa shape index (κ1) is 14.5. The van der Waals surface area contributed by atoms with Gasteiger partial charge in [0.2, 0.25) is 0 Å². The highest BCUT2D eigenvalue weighted by Crippen LogP contribution is 2.18. The van der Waals surface area contributed by atoms with E-state index in [1.54, 1.807) is 27.0 Å². The first-order valence-corrected chi connectivity index (χ1v) is 6.28. The maximum atomic E-state index is 11.5. The Morgan fingerprint density at radius 3 is 2.94 bits per heavy atom. The minimum atomic E-state index is -0.537. The molecule has 0 bridgehead atoms. The average molecular weight is 268 g/mol. The minimum absolute atomic E-state index is 0.0365. The molecule has 0 saturated heterocycles. The maximum absolute atomic E-state index is 11.5. The lowest BCUT2D eigenvalue weighted by molar-refractivity contribution is 0.0636. The third-order valence-electron chi connectivity index (χ3n) is 1.56. The van der Waals surface area contributed by atoms with Crippen molar-refractivity contribution in [2.24, 2.45) is 0 Å². The number of aliphatic hydroxyl groups excluding tert-OH is 1. The van der Waals surface area contributed by atoms with Crippen molar-refractivity contribution in [3.8, 4) is 11.8 Å². The van der Waals surface area contributed by atoms with Crippen LogP contribution in [-0.4, -0.2) is 28.4 Å². The normalized spacial score (nSPS) is 10.4.